The minimum absolute atomic E-state index is 0.104. The van der Waals surface area contributed by atoms with Crippen molar-refractivity contribution in [2.24, 2.45) is 0 Å². The van der Waals surface area contributed by atoms with E-state index in [9.17, 15) is 15.0 Å². The number of allylic oxidation sites excluding steroid dienone is 1. The van der Waals surface area contributed by atoms with Crippen molar-refractivity contribution in [3.63, 3.8) is 0 Å². The molecule has 7 nitrogen and oxygen atoms in total. The highest BCUT2D eigenvalue weighted by Gasteiger charge is 2.29. The number of nitrogens with two attached hydrogens (primary N) is 1. The van der Waals surface area contributed by atoms with Gasteiger partial charge in [-0.05, 0) is 53.3 Å². The fraction of sp³-hybridized carbons (Fsp3) is 0.286. The third-order valence-electron chi connectivity index (χ3n) is 6.33. The summed E-state index contributed by atoms with van der Waals surface area (Å²) in [5.74, 6) is -1.65. The van der Waals surface area contributed by atoms with E-state index in [-0.39, 0.29) is 11.6 Å². The summed E-state index contributed by atoms with van der Waals surface area (Å²) in [5, 5.41) is 33.0. The van der Waals surface area contributed by atoms with Crippen LogP contribution >= 0.6 is 11.3 Å². The molecule has 0 saturated carbocycles. The van der Waals surface area contributed by atoms with Crippen LogP contribution in [0.2, 0.25) is 0 Å². The van der Waals surface area contributed by atoms with Gasteiger partial charge in [-0.2, -0.15) is 0 Å². The van der Waals surface area contributed by atoms with Crippen molar-refractivity contribution in [3.8, 4) is 0 Å². The summed E-state index contributed by atoms with van der Waals surface area (Å²) in [7, 11) is 0. The molecule has 1 aliphatic heterocycles. The molecule has 0 bridgehead atoms. The lowest BCUT2D eigenvalue weighted by Gasteiger charge is -2.34. The number of nitrogens with one attached hydrogen (secondary N) is 2. The van der Waals surface area contributed by atoms with E-state index in [1.807, 2.05) is 48.7 Å². The molecule has 4 rings (SSSR count). The Hall–Kier alpha value is -3.30. The van der Waals surface area contributed by atoms with Gasteiger partial charge < -0.3 is 26.7 Å². The van der Waals surface area contributed by atoms with E-state index in [2.05, 4.69) is 16.3 Å². The summed E-state index contributed by atoms with van der Waals surface area (Å²) in [6.45, 7) is 3.89. The molecule has 2 aromatic carbocycles. The molecule has 188 valence electrons. The number of hydrogen-bond donors (Lipinski definition) is 5. The van der Waals surface area contributed by atoms with Crippen molar-refractivity contribution in [1.82, 2.24) is 4.90 Å². The van der Waals surface area contributed by atoms with Crippen molar-refractivity contribution in [3.05, 3.63) is 87.1 Å². The molecule has 0 radical (unpaired) electrons. The molecule has 1 saturated heterocycles. The zero-order chi connectivity index (χ0) is 25.7. The number of anilines is 2. The number of carbonyl (C=O) groups is 1. The van der Waals surface area contributed by atoms with Gasteiger partial charge >= 0.3 is 0 Å². The molecule has 0 aliphatic carbocycles. The van der Waals surface area contributed by atoms with Crippen LogP contribution in [0.5, 0.6) is 0 Å². The van der Waals surface area contributed by atoms with Crippen LogP contribution in [0.25, 0.3) is 6.08 Å². The van der Waals surface area contributed by atoms with E-state index >= 15 is 0 Å². The number of nitrogens with zero attached hydrogens (tertiary/aromatic N) is 1. The summed E-state index contributed by atoms with van der Waals surface area (Å²) in [6.07, 6.45) is 4.59. The molecule has 1 fully saturated rings. The molecular formula is C28H32N4O3S. The third-order valence-corrected chi connectivity index (χ3v) is 7.21. The number of aliphatic hydroxyl groups is 2. The predicted octanol–water partition coefficient (Wildman–Crippen LogP) is 4.18. The van der Waals surface area contributed by atoms with Gasteiger partial charge in [-0.1, -0.05) is 36.4 Å². The number of rotatable bonds is 8. The van der Waals surface area contributed by atoms with E-state index in [1.165, 1.54) is 0 Å². The molecule has 2 heterocycles. The molecule has 1 aromatic heterocycles. The number of amides is 1. The van der Waals surface area contributed by atoms with E-state index < -0.39 is 5.79 Å². The van der Waals surface area contributed by atoms with Crippen LogP contribution in [-0.4, -0.2) is 45.6 Å². The Morgan fingerprint density at radius 1 is 1.19 bits per heavy atom. The summed E-state index contributed by atoms with van der Waals surface area (Å²) in [5.41, 5.74) is 11.1. The third kappa shape index (κ3) is 6.89. The van der Waals surface area contributed by atoms with Gasteiger partial charge in [-0.15, -0.1) is 11.3 Å². The largest absolute Gasteiger partial charge is 0.398 e. The summed E-state index contributed by atoms with van der Waals surface area (Å²) in [4.78, 5) is 15.7. The quantitative estimate of drug-likeness (QED) is 0.179. The molecule has 1 aliphatic rings. The summed E-state index contributed by atoms with van der Waals surface area (Å²) < 4.78 is 0. The molecule has 0 spiro atoms. The smallest absolute Gasteiger partial charge is 0.229 e. The Morgan fingerprint density at radius 3 is 2.69 bits per heavy atom. The van der Waals surface area contributed by atoms with Gasteiger partial charge in [0.1, 0.15) is 0 Å². The number of carbonyl (C=O) groups excluding carboxylic acids is 1. The van der Waals surface area contributed by atoms with Gasteiger partial charge in [0.25, 0.3) is 0 Å². The number of thiophene rings is 1. The van der Waals surface area contributed by atoms with Crippen molar-refractivity contribution in [2.45, 2.75) is 38.5 Å². The SMILES string of the molecule is Cc1cc(N)c(C(=N)/C=C/c2cccc(CN3CCC(O)(O)CC3)c2)cc1NC(=O)Cc1cccs1. The molecule has 0 unspecified atom stereocenters. The Kier molecular flexibility index (Phi) is 8.01. The standard InChI is InChI=1S/C28H32N4O3S/c1-19-14-25(30)23(17-26(19)31-27(33)16-22-6-3-13-36-22)24(29)8-7-20-4-2-5-21(15-20)18-32-11-9-28(34,35)10-12-32/h2-8,13-15,17,29,34-35H,9-12,16,18,30H2,1H3,(H,31,33)/b8-7+,29-24?. The zero-order valence-corrected chi connectivity index (χ0v) is 21.1. The maximum absolute atomic E-state index is 12.5. The highest BCUT2D eigenvalue weighted by Crippen LogP contribution is 2.25. The highest BCUT2D eigenvalue weighted by molar-refractivity contribution is 7.10. The molecule has 3 aromatic rings. The molecule has 36 heavy (non-hydrogen) atoms. The lowest BCUT2D eigenvalue weighted by atomic mass is 10.0. The first-order valence-corrected chi connectivity index (χ1v) is 12.8. The Morgan fingerprint density at radius 2 is 1.97 bits per heavy atom. The number of hydrogen-bond acceptors (Lipinski definition) is 7. The van der Waals surface area contributed by atoms with Crippen molar-refractivity contribution in [2.75, 3.05) is 24.1 Å². The lowest BCUT2D eigenvalue weighted by molar-refractivity contribution is -0.189. The maximum Gasteiger partial charge on any atom is 0.229 e. The first-order chi connectivity index (χ1) is 17.2. The fourth-order valence-corrected chi connectivity index (χ4v) is 4.96. The number of aryl methyl sites for hydroxylation is 1. The zero-order valence-electron chi connectivity index (χ0n) is 20.3. The predicted molar refractivity (Wildman–Crippen MR) is 146 cm³/mol. The topological polar surface area (TPSA) is 123 Å². The van der Waals surface area contributed by atoms with E-state index in [1.54, 1.807) is 29.5 Å². The van der Waals surface area contributed by atoms with Crippen LogP contribution < -0.4 is 11.1 Å². The molecule has 8 heteroatoms. The molecule has 1 amide bonds. The Labute approximate surface area is 215 Å². The van der Waals surface area contributed by atoms with Gasteiger partial charge in [0.15, 0.2) is 5.79 Å². The van der Waals surface area contributed by atoms with Crippen LogP contribution in [0.15, 0.2) is 60.0 Å². The second-order valence-electron chi connectivity index (χ2n) is 9.31. The van der Waals surface area contributed by atoms with Crippen molar-refractivity contribution in [1.29, 1.82) is 5.41 Å². The Balaban J connectivity index is 1.42. The highest BCUT2D eigenvalue weighted by atomic mass is 32.1. The van der Waals surface area contributed by atoms with E-state index in [4.69, 9.17) is 11.1 Å². The normalized spacial score (nSPS) is 15.8. The maximum atomic E-state index is 12.5. The number of likely N-dealkylation sites (tertiary alicyclic amines) is 1. The summed E-state index contributed by atoms with van der Waals surface area (Å²) >= 11 is 1.54. The minimum atomic E-state index is -1.55. The molecular weight excluding hydrogens is 472 g/mol. The number of piperidine rings is 1. The second kappa shape index (κ2) is 11.2. The van der Waals surface area contributed by atoms with Gasteiger partial charge in [0, 0.05) is 54.3 Å². The van der Waals surface area contributed by atoms with Gasteiger partial charge in [0.2, 0.25) is 5.91 Å². The van der Waals surface area contributed by atoms with E-state index in [0.717, 1.165) is 28.1 Å². The molecule has 0 atom stereocenters. The minimum Gasteiger partial charge on any atom is -0.398 e. The van der Waals surface area contributed by atoms with E-state index in [0.29, 0.717) is 49.3 Å². The average molecular weight is 505 g/mol. The van der Waals surface area contributed by atoms with Gasteiger partial charge in [-0.25, -0.2) is 0 Å². The monoisotopic (exact) mass is 504 g/mol. The van der Waals surface area contributed by atoms with Crippen LogP contribution in [-0.2, 0) is 17.8 Å². The fourth-order valence-electron chi connectivity index (χ4n) is 4.26. The van der Waals surface area contributed by atoms with Crippen LogP contribution in [0.1, 0.15) is 40.0 Å². The molecule has 6 N–H and O–H groups in total. The van der Waals surface area contributed by atoms with Crippen LogP contribution in [0.4, 0.5) is 11.4 Å². The van der Waals surface area contributed by atoms with Crippen molar-refractivity contribution >= 4 is 40.4 Å². The Bertz CT molecular complexity index is 1260. The average Bonchev–Trinajstić information content (AvgIpc) is 3.34. The second-order valence-corrected chi connectivity index (χ2v) is 10.3. The lowest BCUT2D eigenvalue weighted by Crippen LogP contribution is -2.43. The van der Waals surface area contributed by atoms with Crippen molar-refractivity contribution < 1.29 is 15.0 Å². The number of benzene rings is 2. The number of nitrogen functional groups attached to an aromatic ring is 1. The van der Waals surface area contributed by atoms with Crippen LogP contribution in [0, 0.1) is 12.3 Å². The van der Waals surface area contributed by atoms with Gasteiger partial charge in [-0.3, -0.25) is 9.69 Å². The summed E-state index contributed by atoms with van der Waals surface area (Å²) in [6, 6.07) is 15.5. The first-order valence-electron chi connectivity index (χ1n) is 11.9. The van der Waals surface area contributed by atoms with Crippen LogP contribution in [0.3, 0.4) is 0 Å². The van der Waals surface area contributed by atoms with Gasteiger partial charge in [0.05, 0.1) is 12.1 Å². The first kappa shape index (κ1) is 25.8.